The second kappa shape index (κ2) is 9.32. The Kier molecular flexibility index (Phi) is 9.02. The van der Waals surface area contributed by atoms with Crippen LogP contribution in [0.2, 0.25) is 0 Å². The molecule has 0 heterocycles. The molecule has 0 spiro atoms. The molecular weight excluding hydrogens is 240 g/mol. The van der Waals surface area contributed by atoms with Crippen LogP contribution in [0.4, 0.5) is 0 Å². The minimum atomic E-state index is -0.0769. The van der Waals surface area contributed by atoms with Crippen molar-refractivity contribution >= 4 is 5.91 Å². The van der Waals surface area contributed by atoms with E-state index in [0.717, 1.165) is 25.9 Å². The minimum absolute atomic E-state index is 0.0769. The lowest BCUT2D eigenvalue weighted by molar-refractivity contribution is -0.125. The van der Waals surface area contributed by atoms with Crippen LogP contribution in [0.25, 0.3) is 0 Å². The van der Waals surface area contributed by atoms with Crippen molar-refractivity contribution in [1.29, 1.82) is 0 Å². The van der Waals surface area contributed by atoms with Crippen LogP contribution >= 0.6 is 0 Å². The summed E-state index contributed by atoms with van der Waals surface area (Å²) in [5.41, 5.74) is 5.82. The molecule has 1 unspecified atom stereocenters. The SMILES string of the molecule is CC(C)OCCCCNC(=O)C(CN)CC(C)(C)C. The summed E-state index contributed by atoms with van der Waals surface area (Å²) in [5.74, 6) is 0.00844. The van der Waals surface area contributed by atoms with Gasteiger partial charge in [-0.3, -0.25) is 4.79 Å². The molecule has 4 nitrogen and oxygen atoms in total. The molecule has 0 aliphatic rings. The van der Waals surface area contributed by atoms with Crippen molar-refractivity contribution in [1.82, 2.24) is 5.32 Å². The summed E-state index contributed by atoms with van der Waals surface area (Å²) in [7, 11) is 0. The zero-order chi connectivity index (χ0) is 14.9. The second-order valence-electron chi connectivity index (χ2n) is 6.62. The lowest BCUT2D eigenvalue weighted by atomic mass is 9.84. The van der Waals surface area contributed by atoms with Crippen molar-refractivity contribution in [2.45, 2.75) is 60.0 Å². The van der Waals surface area contributed by atoms with E-state index in [-0.39, 0.29) is 23.3 Å². The average Bonchev–Trinajstić information content (AvgIpc) is 2.28. The van der Waals surface area contributed by atoms with Gasteiger partial charge in [-0.05, 0) is 38.5 Å². The summed E-state index contributed by atoms with van der Waals surface area (Å²) in [5, 5.41) is 2.97. The van der Waals surface area contributed by atoms with E-state index >= 15 is 0 Å². The molecule has 0 bridgehead atoms. The number of hydrogen-bond acceptors (Lipinski definition) is 3. The van der Waals surface area contributed by atoms with Crippen LogP contribution in [0.15, 0.2) is 0 Å². The Hall–Kier alpha value is -0.610. The summed E-state index contributed by atoms with van der Waals surface area (Å²) < 4.78 is 5.45. The number of unbranched alkanes of at least 4 members (excludes halogenated alkanes) is 1. The molecule has 1 amide bonds. The van der Waals surface area contributed by atoms with Crippen LogP contribution in [0.5, 0.6) is 0 Å². The van der Waals surface area contributed by atoms with Crippen LogP contribution in [-0.4, -0.2) is 31.7 Å². The third kappa shape index (κ3) is 11.0. The first kappa shape index (κ1) is 18.4. The topological polar surface area (TPSA) is 64.3 Å². The molecule has 0 fully saturated rings. The van der Waals surface area contributed by atoms with E-state index in [2.05, 4.69) is 26.1 Å². The third-order valence-corrected chi connectivity index (χ3v) is 2.84. The summed E-state index contributed by atoms with van der Waals surface area (Å²) in [4.78, 5) is 12.0. The van der Waals surface area contributed by atoms with Crippen molar-refractivity contribution in [3.8, 4) is 0 Å². The number of rotatable bonds is 9. The van der Waals surface area contributed by atoms with Crippen LogP contribution in [0.3, 0.4) is 0 Å². The number of ether oxygens (including phenoxy) is 1. The molecule has 0 rings (SSSR count). The number of carbonyl (C=O) groups excluding carboxylic acids is 1. The highest BCUT2D eigenvalue weighted by Gasteiger charge is 2.23. The van der Waals surface area contributed by atoms with Gasteiger partial charge < -0.3 is 15.8 Å². The number of amides is 1. The third-order valence-electron chi connectivity index (χ3n) is 2.84. The van der Waals surface area contributed by atoms with E-state index < -0.39 is 0 Å². The predicted octanol–water partition coefficient (Wildman–Crippen LogP) is 2.32. The fraction of sp³-hybridized carbons (Fsp3) is 0.933. The average molecular weight is 272 g/mol. The fourth-order valence-electron chi connectivity index (χ4n) is 1.92. The van der Waals surface area contributed by atoms with Gasteiger partial charge in [0.25, 0.3) is 0 Å². The molecular formula is C15H32N2O2. The Morgan fingerprint density at radius 1 is 1.26 bits per heavy atom. The van der Waals surface area contributed by atoms with Gasteiger partial charge in [0.1, 0.15) is 0 Å². The maximum absolute atomic E-state index is 12.0. The van der Waals surface area contributed by atoms with E-state index in [1.165, 1.54) is 0 Å². The largest absolute Gasteiger partial charge is 0.379 e. The van der Waals surface area contributed by atoms with E-state index in [1.807, 2.05) is 13.8 Å². The second-order valence-corrected chi connectivity index (χ2v) is 6.62. The first-order valence-corrected chi connectivity index (χ1v) is 7.35. The highest BCUT2D eigenvalue weighted by Crippen LogP contribution is 2.23. The van der Waals surface area contributed by atoms with Crippen LogP contribution in [0, 0.1) is 11.3 Å². The predicted molar refractivity (Wildman–Crippen MR) is 79.9 cm³/mol. The molecule has 0 aromatic heterocycles. The van der Waals surface area contributed by atoms with Gasteiger partial charge in [0.05, 0.1) is 12.0 Å². The Morgan fingerprint density at radius 2 is 1.89 bits per heavy atom. The Labute approximate surface area is 118 Å². The Bertz CT molecular complexity index is 247. The van der Waals surface area contributed by atoms with Crippen molar-refractivity contribution in [2.24, 2.45) is 17.1 Å². The monoisotopic (exact) mass is 272 g/mol. The first-order chi connectivity index (χ1) is 8.76. The van der Waals surface area contributed by atoms with Gasteiger partial charge in [0, 0.05) is 19.7 Å². The smallest absolute Gasteiger partial charge is 0.224 e. The van der Waals surface area contributed by atoms with E-state index in [1.54, 1.807) is 0 Å². The van der Waals surface area contributed by atoms with Gasteiger partial charge in [0.2, 0.25) is 5.91 Å². The summed E-state index contributed by atoms with van der Waals surface area (Å²) in [6.45, 7) is 12.3. The van der Waals surface area contributed by atoms with Gasteiger partial charge in [-0.25, -0.2) is 0 Å². The highest BCUT2D eigenvalue weighted by atomic mass is 16.5. The van der Waals surface area contributed by atoms with Crippen LogP contribution in [-0.2, 0) is 9.53 Å². The highest BCUT2D eigenvalue weighted by molar-refractivity contribution is 5.78. The van der Waals surface area contributed by atoms with Gasteiger partial charge in [-0.15, -0.1) is 0 Å². The number of hydrogen-bond donors (Lipinski definition) is 2. The van der Waals surface area contributed by atoms with Crippen molar-refractivity contribution in [3.63, 3.8) is 0 Å². The van der Waals surface area contributed by atoms with E-state index in [9.17, 15) is 4.79 Å². The summed E-state index contributed by atoms with van der Waals surface area (Å²) in [6.07, 6.45) is 3.03. The van der Waals surface area contributed by atoms with Crippen LogP contribution in [0.1, 0.15) is 53.9 Å². The lowest BCUT2D eigenvalue weighted by Gasteiger charge is -2.24. The van der Waals surface area contributed by atoms with Crippen LogP contribution < -0.4 is 11.1 Å². The van der Waals surface area contributed by atoms with Crippen molar-refractivity contribution in [3.05, 3.63) is 0 Å². The summed E-state index contributed by atoms with van der Waals surface area (Å²) >= 11 is 0. The van der Waals surface area contributed by atoms with Gasteiger partial charge >= 0.3 is 0 Å². The molecule has 19 heavy (non-hydrogen) atoms. The molecule has 0 radical (unpaired) electrons. The number of carbonyl (C=O) groups is 1. The molecule has 0 aliphatic carbocycles. The van der Waals surface area contributed by atoms with Crippen molar-refractivity contribution < 1.29 is 9.53 Å². The molecule has 0 aromatic carbocycles. The van der Waals surface area contributed by atoms with Crippen molar-refractivity contribution in [2.75, 3.05) is 19.7 Å². The molecule has 114 valence electrons. The molecule has 1 atom stereocenters. The molecule has 0 aliphatic heterocycles. The maximum Gasteiger partial charge on any atom is 0.224 e. The lowest BCUT2D eigenvalue weighted by Crippen LogP contribution is -2.37. The zero-order valence-electron chi connectivity index (χ0n) is 13.3. The van der Waals surface area contributed by atoms with E-state index in [0.29, 0.717) is 13.1 Å². The summed E-state index contributed by atoms with van der Waals surface area (Å²) in [6, 6.07) is 0. The first-order valence-electron chi connectivity index (χ1n) is 7.35. The maximum atomic E-state index is 12.0. The molecule has 4 heteroatoms. The fourth-order valence-corrected chi connectivity index (χ4v) is 1.92. The molecule has 0 aromatic rings. The van der Waals surface area contributed by atoms with Gasteiger partial charge in [-0.2, -0.15) is 0 Å². The Morgan fingerprint density at radius 3 is 2.37 bits per heavy atom. The minimum Gasteiger partial charge on any atom is -0.379 e. The molecule has 0 saturated heterocycles. The molecule has 3 N–H and O–H groups in total. The number of nitrogens with two attached hydrogens (primary N) is 1. The Balaban J connectivity index is 3.77. The van der Waals surface area contributed by atoms with Gasteiger partial charge in [-0.1, -0.05) is 20.8 Å². The van der Waals surface area contributed by atoms with E-state index in [4.69, 9.17) is 10.5 Å². The zero-order valence-corrected chi connectivity index (χ0v) is 13.3. The quantitative estimate of drug-likeness (QED) is 0.633. The molecule has 0 saturated carbocycles. The standard InChI is InChI=1S/C15H32N2O2/c1-12(2)19-9-7-6-8-17-14(18)13(11-16)10-15(3,4)5/h12-13H,6-11,16H2,1-5H3,(H,17,18). The normalized spacial score (nSPS) is 13.6. The van der Waals surface area contributed by atoms with Gasteiger partial charge in [0.15, 0.2) is 0 Å². The number of nitrogens with one attached hydrogen (secondary N) is 1.